The van der Waals surface area contributed by atoms with Crippen LogP contribution in [0.2, 0.25) is 0 Å². The number of fused-ring (bicyclic) bond motifs is 3. The lowest BCUT2D eigenvalue weighted by atomic mass is 9.70. The topological polar surface area (TPSA) is 104 Å². The molecular formula is C33H40N6O3S. The summed E-state index contributed by atoms with van der Waals surface area (Å²) in [7, 11) is 0. The molecule has 2 bridgehead atoms. The number of aromatic nitrogens is 4. The molecule has 10 heteroatoms. The van der Waals surface area contributed by atoms with Crippen molar-refractivity contribution in [1.29, 1.82) is 0 Å². The van der Waals surface area contributed by atoms with E-state index in [1.54, 1.807) is 0 Å². The Hall–Kier alpha value is -3.63. The van der Waals surface area contributed by atoms with Crippen LogP contribution in [0.25, 0.3) is 11.0 Å². The van der Waals surface area contributed by atoms with Gasteiger partial charge in [-0.2, -0.15) is 0 Å². The average molecular weight is 601 g/mol. The van der Waals surface area contributed by atoms with Gasteiger partial charge in [-0.05, 0) is 100.0 Å². The number of amides is 1. The van der Waals surface area contributed by atoms with E-state index in [9.17, 15) is 4.79 Å². The number of imidazole rings is 1. The van der Waals surface area contributed by atoms with E-state index >= 15 is 0 Å². The van der Waals surface area contributed by atoms with Gasteiger partial charge in [-0.25, -0.2) is 4.98 Å². The van der Waals surface area contributed by atoms with Crippen LogP contribution in [0.5, 0.6) is 0 Å². The monoisotopic (exact) mass is 600 g/mol. The summed E-state index contributed by atoms with van der Waals surface area (Å²) in [5.74, 6) is 1.24. The summed E-state index contributed by atoms with van der Waals surface area (Å²) in [6.45, 7) is 6.50. The summed E-state index contributed by atoms with van der Waals surface area (Å²) >= 11 is 1.22. The number of carboxylic acid groups (broad SMARTS) is 1. The van der Waals surface area contributed by atoms with Gasteiger partial charge >= 0.3 is 0 Å². The highest BCUT2D eigenvalue weighted by molar-refractivity contribution is 7.07. The molecule has 0 aliphatic carbocycles. The lowest BCUT2D eigenvalue weighted by Crippen LogP contribution is -2.49. The van der Waals surface area contributed by atoms with Gasteiger partial charge in [0, 0.05) is 31.2 Å². The Bertz CT molecular complexity index is 1550. The molecule has 9 nitrogen and oxygen atoms in total. The Morgan fingerprint density at radius 3 is 2.30 bits per heavy atom. The highest BCUT2D eigenvalue weighted by Crippen LogP contribution is 2.45. The molecule has 3 fully saturated rings. The predicted molar refractivity (Wildman–Crippen MR) is 167 cm³/mol. The van der Waals surface area contributed by atoms with E-state index in [0.29, 0.717) is 23.0 Å². The summed E-state index contributed by atoms with van der Waals surface area (Å²) in [4.78, 5) is 32.0. The van der Waals surface area contributed by atoms with Gasteiger partial charge in [-0.1, -0.05) is 47.0 Å². The third-order valence-corrected chi connectivity index (χ3v) is 10.9. The maximum absolute atomic E-state index is 13.2. The fraction of sp³-hybridized carbons (Fsp3) is 0.485. The third kappa shape index (κ3) is 5.70. The van der Waals surface area contributed by atoms with E-state index in [-0.39, 0.29) is 17.8 Å². The molecule has 3 aliphatic rings. The Morgan fingerprint density at radius 2 is 1.65 bits per heavy atom. The number of hydrogen-bond acceptors (Lipinski definition) is 7. The van der Waals surface area contributed by atoms with E-state index in [0.717, 1.165) is 55.9 Å². The van der Waals surface area contributed by atoms with Crippen molar-refractivity contribution < 1.29 is 14.7 Å². The molecule has 5 heterocycles. The van der Waals surface area contributed by atoms with Crippen molar-refractivity contribution in [2.24, 2.45) is 0 Å². The third-order valence-electron chi connectivity index (χ3n) is 10.1. The molecular weight excluding hydrogens is 560 g/mol. The second kappa shape index (κ2) is 12.5. The standard InChI is InChI=1S/C32H38N6OS.CH2O2/c1-22-30(40-35-34-22)31(39)36-17-14-32(15-18-36,24-8-4-3-5-9-24)16-19-37-25-12-13-26(37)21-27(20-25)38-23(2)33-28-10-6-7-11-29(28)38;2-1-3/h3-11,25-27H,12-21H2,1-2H3;1H,(H,2,3)/t25-,26+,27?;. The summed E-state index contributed by atoms with van der Waals surface area (Å²) in [6, 6.07) is 21.5. The zero-order chi connectivity index (χ0) is 30.0. The number of benzene rings is 2. The van der Waals surface area contributed by atoms with E-state index in [1.165, 1.54) is 48.3 Å². The van der Waals surface area contributed by atoms with E-state index in [1.807, 2.05) is 11.8 Å². The van der Waals surface area contributed by atoms with Crippen LogP contribution in [-0.4, -0.2) is 78.1 Å². The second-order valence-corrected chi connectivity index (χ2v) is 13.0. The zero-order valence-corrected chi connectivity index (χ0v) is 25.7. The molecule has 3 saturated heterocycles. The van der Waals surface area contributed by atoms with E-state index < -0.39 is 0 Å². The normalized spacial score (nSPS) is 23.1. The first kappa shape index (κ1) is 29.4. The maximum Gasteiger partial charge on any atom is 0.290 e. The molecule has 0 spiro atoms. The minimum Gasteiger partial charge on any atom is -0.483 e. The number of rotatable bonds is 6. The number of para-hydroxylation sites is 2. The van der Waals surface area contributed by atoms with Crippen molar-refractivity contribution in [3.63, 3.8) is 0 Å². The van der Waals surface area contributed by atoms with Gasteiger partial charge in [-0.3, -0.25) is 14.5 Å². The molecule has 4 aromatic rings. The average Bonchev–Trinajstić information content (AvgIpc) is 3.68. The van der Waals surface area contributed by atoms with Crippen LogP contribution in [-0.2, 0) is 10.2 Å². The number of hydrogen-bond donors (Lipinski definition) is 1. The van der Waals surface area contributed by atoms with Gasteiger partial charge < -0.3 is 14.6 Å². The number of aryl methyl sites for hydroxylation is 2. The number of likely N-dealkylation sites (tertiary alicyclic amines) is 1. The van der Waals surface area contributed by atoms with Crippen LogP contribution in [0.3, 0.4) is 0 Å². The van der Waals surface area contributed by atoms with Crippen LogP contribution in [0, 0.1) is 13.8 Å². The SMILES string of the molecule is Cc1nnsc1C(=O)N1CCC(CCN2[C@@H]3CC[C@H]2CC(n2c(C)nc4ccccc42)C3)(c2ccccc2)CC1.O=CO. The maximum atomic E-state index is 13.2. The highest BCUT2D eigenvalue weighted by atomic mass is 32.1. The summed E-state index contributed by atoms with van der Waals surface area (Å²) in [6.07, 6.45) is 8.16. The highest BCUT2D eigenvalue weighted by Gasteiger charge is 2.44. The molecule has 43 heavy (non-hydrogen) atoms. The molecule has 3 atom stereocenters. The lowest BCUT2D eigenvalue weighted by molar-refractivity contribution is -0.122. The van der Waals surface area contributed by atoms with Crippen LogP contribution in [0.1, 0.15) is 77.7 Å². The van der Waals surface area contributed by atoms with Gasteiger partial charge in [-0.15, -0.1) is 5.10 Å². The summed E-state index contributed by atoms with van der Waals surface area (Å²) < 4.78 is 6.51. The number of piperidine rings is 2. The van der Waals surface area contributed by atoms with Crippen molar-refractivity contribution in [2.75, 3.05) is 19.6 Å². The number of carbonyl (C=O) groups is 2. The lowest BCUT2D eigenvalue weighted by Gasteiger charge is -2.45. The first-order valence-corrected chi connectivity index (χ1v) is 16.1. The Balaban J connectivity index is 0.00000105. The number of carbonyl (C=O) groups excluding carboxylic acids is 1. The van der Waals surface area contributed by atoms with Crippen LogP contribution >= 0.6 is 11.5 Å². The summed E-state index contributed by atoms with van der Waals surface area (Å²) in [5.41, 5.74) is 4.68. The van der Waals surface area contributed by atoms with Crippen molar-refractivity contribution in [2.45, 2.75) is 82.3 Å². The first-order chi connectivity index (χ1) is 20.9. The van der Waals surface area contributed by atoms with Crippen molar-refractivity contribution >= 4 is 34.9 Å². The zero-order valence-electron chi connectivity index (χ0n) is 24.9. The predicted octanol–water partition coefficient (Wildman–Crippen LogP) is 5.64. The Labute approximate surface area is 256 Å². The molecule has 7 rings (SSSR count). The molecule has 1 amide bonds. The largest absolute Gasteiger partial charge is 0.483 e. The minimum absolute atomic E-state index is 0.0941. The van der Waals surface area contributed by atoms with Crippen molar-refractivity contribution in [3.05, 3.63) is 76.6 Å². The van der Waals surface area contributed by atoms with Crippen LogP contribution in [0.4, 0.5) is 0 Å². The van der Waals surface area contributed by atoms with Crippen LogP contribution < -0.4 is 0 Å². The Kier molecular flexibility index (Phi) is 8.59. The van der Waals surface area contributed by atoms with Gasteiger partial charge in [0.05, 0.1) is 16.7 Å². The van der Waals surface area contributed by atoms with Gasteiger partial charge in [0.2, 0.25) is 0 Å². The molecule has 226 valence electrons. The summed E-state index contributed by atoms with van der Waals surface area (Å²) in [5, 5.41) is 11.0. The van der Waals surface area contributed by atoms with Gasteiger partial charge in [0.15, 0.2) is 0 Å². The molecule has 3 aliphatic heterocycles. The second-order valence-electron chi connectivity index (χ2n) is 12.2. The smallest absolute Gasteiger partial charge is 0.290 e. The van der Waals surface area contributed by atoms with Gasteiger partial charge in [0.25, 0.3) is 12.4 Å². The minimum atomic E-state index is -0.250. The number of nitrogens with zero attached hydrogens (tertiary/aromatic N) is 6. The molecule has 0 radical (unpaired) electrons. The quantitative estimate of drug-likeness (QED) is 0.286. The fourth-order valence-corrected chi connectivity index (χ4v) is 8.60. The first-order valence-electron chi connectivity index (χ1n) is 15.3. The molecule has 1 unspecified atom stereocenters. The van der Waals surface area contributed by atoms with Crippen LogP contribution in [0.15, 0.2) is 54.6 Å². The Morgan fingerprint density at radius 1 is 1.00 bits per heavy atom. The van der Waals surface area contributed by atoms with E-state index in [4.69, 9.17) is 14.9 Å². The molecule has 2 aromatic heterocycles. The fourth-order valence-electron chi connectivity index (χ4n) is 7.97. The van der Waals surface area contributed by atoms with Gasteiger partial charge in [0.1, 0.15) is 10.7 Å². The molecule has 2 aromatic carbocycles. The van der Waals surface area contributed by atoms with E-state index in [2.05, 4.69) is 80.6 Å². The molecule has 1 N–H and O–H groups in total. The molecule has 0 saturated carbocycles. The van der Waals surface area contributed by atoms with Crippen molar-refractivity contribution in [1.82, 2.24) is 28.9 Å². The van der Waals surface area contributed by atoms with Crippen molar-refractivity contribution in [3.8, 4) is 0 Å².